The van der Waals surface area contributed by atoms with Crippen LogP contribution in [0.1, 0.15) is 13.8 Å². The van der Waals surface area contributed by atoms with Crippen molar-refractivity contribution in [2.75, 3.05) is 6.61 Å². The first-order valence-corrected chi connectivity index (χ1v) is 5.12. The summed E-state index contributed by atoms with van der Waals surface area (Å²) in [5.41, 5.74) is 0. The summed E-state index contributed by atoms with van der Waals surface area (Å²) in [5.74, 6) is -0.291. The van der Waals surface area contributed by atoms with Gasteiger partial charge >= 0.3 is 5.97 Å². The summed E-state index contributed by atoms with van der Waals surface area (Å²) in [6.45, 7) is 4.09. The standard InChI is InChI=1S/C8H12O2.C5H5N.ClH/c1-3-5-6-7-8(9)10-4-2;1-2-4-6-5-3-1;/h3,5-7H,4H2,1-2H3;1-5H;1H/b5-3+,7-6+;;. The highest BCUT2D eigenvalue weighted by Gasteiger charge is 1.89. The maximum absolute atomic E-state index is 10.6. The van der Waals surface area contributed by atoms with Crippen molar-refractivity contribution < 1.29 is 9.53 Å². The Morgan fingerprint density at radius 3 is 2.24 bits per heavy atom. The number of aromatic nitrogens is 1. The lowest BCUT2D eigenvalue weighted by atomic mass is 10.4. The number of hydrogen-bond acceptors (Lipinski definition) is 3. The third kappa shape index (κ3) is 14.4. The molecule has 3 nitrogen and oxygen atoms in total. The Morgan fingerprint density at radius 1 is 1.24 bits per heavy atom. The number of halogens is 1. The predicted octanol–water partition coefficient (Wildman–Crippen LogP) is 3.19. The van der Waals surface area contributed by atoms with Crippen molar-refractivity contribution in [3.8, 4) is 0 Å². The van der Waals surface area contributed by atoms with E-state index in [0.717, 1.165) is 0 Å². The Morgan fingerprint density at radius 2 is 1.88 bits per heavy atom. The molecule has 0 aromatic carbocycles. The zero-order valence-corrected chi connectivity index (χ0v) is 10.9. The predicted molar refractivity (Wildman–Crippen MR) is 72.1 cm³/mol. The molecule has 1 rings (SSSR count). The summed E-state index contributed by atoms with van der Waals surface area (Å²) in [7, 11) is 0. The van der Waals surface area contributed by atoms with E-state index in [-0.39, 0.29) is 18.4 Å². The van der Waals surface area contributed by atoms with Gasteiger partial charge in [-0.2, -0.15) is 0 Å². The Labute approximate surface area is 109 Å². The van der Waals surface area contributed by atoms with Gasteiger partial charge < -0.3 is 4.74 Å². The normalized spacial score (nSPS) is 9.29. The number of carbonyl (C=O) groups excluding carboxylic acids is 1. The largest absolute Gasteiger partial charge is 0.463 e. The topological polar surface area (TPSA) is 39.2 Å². The van der Waals surface area contributed by atoms with Crippen molar-refractivity contribution in [3.63, 3.8) is 0 Å². The molecule has 0 spiro atoms. The number of pyridine rings is 1. The van der Waals surface area contributed by atoms with Gasteiger partial charge in [-0.1, -0.05) is 24.3 Å². The van der Waals surface area contributed by atoms with Crippen LogP contribution in [-0.4, -0.2) is 17.6 Å². The molecule has 0 unspecified atom stereocenters. The maximum atomic E-state index is 10.6. The van der Waals surface area contributed by atoms with Crippen LogP contribution in [0.3, 0.4) is 0 Å². The van der Waals surface area contributed by atoms with Crippen LogP contribution in [0.15, 0.2) is 54.9 Å². The van der Waals surface area contributed by atoms with Gasteiger partial charge in [-0.15, -0.1) is 12.4 Å². The third-order valence-corrected chi connectivity index (χ3v) is 1.39. The smallest absolute Gasteiger partial charge is 0.330 e. The van der Waals surface area contributed by atoms with Gasteiger partial charge in [-0.05, 0) is 26.0 Å². The molecule has 0 aliphatic carbocycles. The molecular weight excluding hydrogens is 238 g/mol. The first-order chi connectivity index (χ1) is 7.81. The average molecular weight is 256 g/mol. The molecule has 0 saturated heterocycles. The molecule has 0 fully saturated rings. The second-order valence-corrected chi connectivity index (χ2v) is 2.66. The van der Waals surface area contributed by atoms with Crippen molar-refractivity contribution in [1.82, 2.24) is 4.98 Å². The van der Waals surface area contributed by atoms with E-state index in [4.69, 9.17) is 0 Å². The monoisotopic (exact) mass is 255 g/mol. The second kappa shape index (κ2) is 14.4. The molecule has 1 heterocycles. The Hall–Kier alpha value is -1.61. The summed E-state index contributed by atoms with van der Waals surface area (Å²) < 4.78 is 4.63. The molecule has 0 aliphatic rings. The van der Waals surface area contributed by atoms with Crippen LogP contribution in [0.25, 0.3) is 0 Å². The van der Waals surface area contributed by atoms with Crippen LogP contribution < -0.4 is 0 Å². The minimum atomic E-state index is -0.291. The van der Waals surface area contributed by atoms with E-state index < -0.39 is 0 Å². The summed E-state index contributed by atoms with van der Waals surface area (Å²) in [4.78, 5) is 14.4. The molecule has 1 aromatic heterocycles. The Balaban J connectivity index is 0. The van der Waals surface area contributed by atoms with Crippen molar-refractivity contribution in [2.45, 2.75) is 13.8 Å². The zero-order chi connectivity index (χ0) is 12.1. The molecule has 0 saturated carbocycles. The fourth-order valence-corrected chi connectivity index (χ4v) is 0.748. The molecule has 94 valence electrons. The third-order valence-electron chi connectivity index (χ3n) is 1.39. The van der Waals surface area contributed by atoms with E-state index in [2.05, 4.69) is 9.72 Å². The van der Waals surface area contributed by atoms with Crippen molar-refractivity contribution in [2.24, 2.45) is 0 Å². The summed E-state index contributed by atoms with van der Waals surface area (Å²) in [5, 5.41) is 0. The van der Waals surface area contributed by atoms with E-state index in [0.29, 0.717) is 6.61 Å². The molecule has 0 radical (unpaired) electrons. The Kier molecular flexibility index (Phi) is 15.0. The van der Waals surface area contributed by atoms with Crippen LogP contribution in [0.5, 0.6) is 0 Å². The summed E-state index contributed by atoms with van der Waals surface area (Å²) >= 11 is 0. The van der Waals surface area contributed by atoms with E-state index >= 15 is 0 Å². The van der Waals surface area contributed by atoms with E-state index in [1.54, 1.807) is 31.5 Å². The van der Waals surface area contributed by atoms with Crippen LogP contribution in [0.4, 0.5) is 0 Å². The van der Waals surface area contributed by atoms with Crippen LogP contribution in [0, 0.1) is 0 Å². The first-order valence-electron chi connectivity index (χ1n) is 5.12. The number of rotatable bonds is 3. The fourth-order valence-electron chi connectivity index (χ4n) is 0.748. The van der Waals surface area contributed by atoms with Gasteiger partial charge in [-0.25, -0.2) is 4.79 Å². The quantitative estimate of drug-likeness (QED) is 0.473. The van der Waals surface area contributed by atoms with Crippen molar-refractivity contribution in [3.05, 3.63) is 54.9 Å². The number of hydrogen-bond donors (Lipinski definition) is 0. The number of esters is 1. The van der Waals surface area contributed by atoms with Gasteiger partial charge in [0.2, 0.25) is 0 Å². The van der Waals surface area contributed by atoms with Crippen molar-refractivity contribution in [1.29, 1.82) is 0 Å². The number of allylic oxidation sites excluding steroid dienone is 3. The molecule has 0 N–H and O–H groups in total. The van der Waals surface area contributed by atoms with E-state index in [9.17, 15) is 4.79 Å². The minimum absolute atomic E-state index is 0. The second-order valence-electron chi connectivity index (χ2n) is 2.66. The van der Waals surface area contributed by atoms with E-state index in [1.165, 1.54) is 6.08 Å². The van der Waals surface area contributed by atoms with Gasteiger partial charge in [0.1, 0.15) is 0 Å². The lowest BCUT2D eigenvalue weighted by Crippen LogP contribution is -1.98. The van der Waals surface area contributed by atoms with Gasteiger partial charge in [0.25, 0.3) is 0 Å². The van der Waals surface area contributed by atoms with E-state index in [1.807, 2.05) is 31.2 Å². The first kappa shape index (κ1) is 17.8. The Bertz CT molecular complexity index is 297. The lowest BCUT2D eigenvalue weighted by molar-refractivity contribution is -0.137. The fraction of sp³-hybridized carbons (Fsp3) is 0.231. The minimum Gasteiger partial charge on any atom is -0.463 e. The summed E-state index contributed by atoms with van der Waals surface area (Å²) in [6, 6.07) is 5.72. The van der Waals surface area contributed by atoms with Crippen molar-refractivity contribution >= 4 is 18.4 Å². The molecule has 0 atom stereocenters. The molecule has 1 aromatic rings. The van der Waals surface area contributed by atoms with Gasteiger partial charge in [0, 0.05) is 18.5 Å². The number of nitrogens with zero attached hydrogens (tertiary/aromatic N) is 1. The molecular formula is C13H18ClNO2. The number of ether oxygens (including phenoxy) is 1. The molecule has 0 aliphatic heterocycles. The highest BCUT2D eigenvalue weighted by Crippen LogP contribution is 1.81. The summed E-state index contributed by atoms with van der Waals surface area (Å²) in [6.07, 6.45) is 10.2. The molecule has 17 heavy (non-hydrogen) atoms. The van der Waals surface area contributed by atoms with Gasteiger partial charge in [0.05, 0.1) is 6.61 Å². The van der Waals surface area contributed by atoms with Gasteiger partial charge in [0.15, 0.2) is 0 Å². The maximum Gasteiger partial charge on any atom is 0.330 e. The molecule has 0 amide bonds. The van der Waals surface area contributed by atoms with Crippen LogP contribution in [0.2, 0.25) is 0 Å². The lowest BCUT2D eigenvalue weighted by Gasteiger charge is -1.92. The molecule has 4 heteroatoms. The SMILES string of the molecule is C/C=C/C=C/C(=O)OCC.Cl.c1ccncc1. The van der Waals surface area contributed by atoms with Crippen LogP contribution in [-0.2, 0) is 9.53 Å². The highest BCUT2D eigenvalue weighted by atomic mass is 35.5. The highest BCUT2D eigenvalue weighted by molar-refractivity contribution is 5.85. The average Bonchev–Trinajstić information content (AvgIpc) is 2.33. The van der Waals surface area contributed by atoms with Gasteiger partial charge in [-0.3, -0.25) is 4.98 Å². The molecule has 0 bridgehead atoms. The zero-order valence-electron chi connectivity index (χ0n) is 10.1. The number of carbonyl (C=O) groups is 1. The van der Waals surface area contributed by atoms with Crippen LogP contribution >= 0.6 is 12.4 Å².